The summed E-state index contributed by atoms with van der Waals surface area (Å²) in [4.78, 5) is 14.0. The second-order valence-corrected chi connectivity index (χ2v) is 5.76. The highest BCUT2D eigenvalue weighted by Crippen LogP contribution is 2.37. The number of carbonyl (C=O) groups is 1. The smallest absolute Gasteiger partial charge is 0.353 e. The molecular weight excluding hydrogens is 329 g/mol. The SMILES string of the molecule is O=C1NCCN(Cc2csnn2)C1c1ccccc1C(F)(F)F. The number of carbonyl (C=O) groups excluding carboxylic acids is 1. The van der Waals surface area contributed by atoms with Crippen LogP contribution in [0.3, 0.4) is 0 Å². The van der Waals surface area contributed by atoms with Crippen LogP contribution in [0.4, 0.5) is 13.2 Å². The van der Waals surface area contributed by atoms with Gasteiger partial charge in [0.05, 0.1) is 11.3 Å². The van der Waals surface area contributed by atoms with Gasteiger partial charge in [-0.1, -0.05) is 22.7 Å². The fourth-order valence-electron chi connectivity index (χ4n) is 2.68. The molecule has 1 aliphatic heterocycles. The molecule has 3 rings (SSSR count). The van der Waals surface area contributed by atoms with Crippen LogP contribution in [-0.2, 0) is 17.5 Å². The van der Waals surface area contributed by atoms with E-state index in [1.54, 1.807) is 10.3 Å². The van der Waals surface area contributed by atoms with E-state index in [9.17, 15) is 18.0 Å². The van der Waals surface area contributed by atoms with Gasteiger partial charge in [0.15, 0.2) is 0 Å². The summed E-state index contributed by atoms with van der Waals surface area (Å²) in [5, 5.41) is 8.27. The number of aromatic nitrogens is 2. The lowest BCUT2D eigenvalue weighted by Crippen LogP contribution is -2.50. The molecule has 0 aliphatic carbocycles. The molecule has 1 unspecified atom stereocenters. The first kappa shape index (κ1) is 15.9. The Morgan fingerprint density at radius 2 is 2.13 bits per heavy atom. The highest BCUT2D eigenvalue weighted by atomic mass is 32.1. The van der Waals surface area contributed by atoms with Crippen LogP contribution in [0.1, 0.15) is 22.9 Å². The standard InChI is InChI=1S/C14H13F3N4OS/c15-14(16,17)11-4-2-1-3-10(11)12-13(22)18-5-6-21(12)7-9-8-23-20-19-9/h1-4,8,12H,5-7H2,(H,18,22). The first-order valence-corrected chi connectivity index (χ1v) is 7.74. The largest absolute Gasteiger partial charge is 0.416 e. The summed E-state index contributed by atoms with van der Waals surface area (Å²) < 4.78 is 43.5. The fourth-order valence-corrected chi connectivity index (χ4v) is 3.12. The summed E-state index contributed by atoms with van der Waals surface area (Å²) in [6.07, 6.45) is -4.51. The molecule has 1 aromatic carbocycles. The number of halogens is 3. The lowest BCUT2D eigenvalue weighted by Gasteiger charge is -2.35. The van der Waals surface area contributed by atoms with E-state index in [1.807, 2.05) is 0 Å². The van der Waals surface area contributed by atoms with Gasteiger partial charge in [-0.2, -0.15) is 13.2 Å². The monoisotopic (exact) mass is 342 g/mol. The molecule has 1 N–H and O–H groups in total. The highest BCUT2D eigenvalue weighted by molar-refractivity contribution is 7.03. The van der Waals surface area contributed by atoms with E-state index in [1.165, 1.54) is 29.7 Å². The number of rotatable bonds is 3. The average Bonchev–Trinajstić information content (AvgIpc) is 3.00. The van der Waals surface area contributed by atoms with Crippen molar-refractivity contribution in [1.82, 2.24) is 19.8 Å². The Hall–Kier alpha value is -2.00. The zero-order chi connectivity index (χ0) is 16.4. The molecule has 1 amide bonds. The Balaban J connectivity index is 1.98. The van der Waals surface area contributed by atoms with Crippen molar-refractivity contribution < 1.29 is 18.0 Å². The van der Waals surface area contributed by atoms with Crippen LogP contribution in [0.5, 0.6) is 0 Å². The zero-order valence-corrected chi connectivity index (χ0v) is 12.7. The van der Waals surface area contributed by atoms with E-state index in [4.69, 9.17) is 0 Å². The van der Waals surface area contributed by atoms with Crippen molar-refractivity contribution >= 4 is 17.4 Å². The second kappa shape index (κ2) is 6.25. The molecule has 0 spiro atoms. The minimum absolute atomic E-state index is 0.0413. The quantitative estimate of drug-likeness (QED) is 0.929. The number of hydrogen-bond acceptors (Lipinski definition) is 5. The molecule has 9 heteroatoms. The maximum atomic E-state index is 13.3. The summed E-state index contributed by atoms with van der Waals surface area (Å²) >= 11 is 1.17. The third kappa shape index (κ3) is 3.35. The van der Waals surface area contributed by atoms with E-state index >= 15 is 0 Å². The molecule has 1 fully saturated rings. The van der Waals surface area contributed by atoms with Gasteiger partial charge < -0.3 is 5.32 Å². The topological polar surface area (TPSA) is 58.1 Å². The molecule has 0 saturated carbocycles. The van der Waals surface area contributed by atoms with Crippen LogP contribution in [0.2, 0.25) is 0 Å². The third-order valence-electron chi connectivity index (χ3n) is 3.64. The van der Waals surface area contributed by atoms with Crippen molar-refractivity contribution in [2.75, 3.05) is 13.1 Å². The number of alkyl halides is 3. The lowest BCUT2D eigenvalue weighted by molar-refractivity contribution is -0.140. The summed E-state index contributed by atoms with van der Waals surface area (Å²) in [6.45, 7) is 1.11. The van der Waals surface area contributed by atoms with Gasteiger partial charge in [0, 0.05) is 25.0 Å². The summed E-state index contributed by atoms with van der Waals surface area (Å²) in [5.41, 5.74) is -0.192. The molecule has 1 saturated heterocycles. The van der Waals surface area contributed by atoms with Crippen LogP contribution in [-0.4, -0.2) is 33.5 Å². The first-order valence-electron chi connectivity index (χ1n) is 6.90. The summed E-state index contributed by atoms with van der Waals surface area (Å²) in [5.74, 6) is -0.434. The van der Waals surface area contributed by atoms with Crippen LogP contribution in [0, 0.1) is 0 Å². The Bertz CT molecular complexity index is 690. The van der Waals surface area contributed by atoms with E-state index in [0.717, 1.165) is 6.07 Å². The molecule has 0 bridgehead atoms. The Morgan fingerprint density at radius 3 is 2.83 bits per heavy atom. The lowest BCUT2D eigenvalue weighted by atomic mass is 9.96. The Morgan fingerprint density at radius 1 is 1.35 bits per heavy atom. The summed E-state index contributed by atoms with van der Waals surface area (Å²) in [7, 11) is 0. The molecule has 2 heterocycles. The van der Waals surface area contributed by atoms with Gasteiger partial charge in [0.1, 0.15) is 6.04 Å². The second-order valence-electron chi connectivity index (χ2n) is 5.15. The van der Waals surface area contributed by atoms with E-state index in [0.29, 0.717) is 18.8 Å². The summed E-state index contributed by atoms with van der Waals surface area (Å²) in [6, 6.07) is 4.18. The van der Waals surface area contributed by atoms with Crippen molar-refractivity contribution in [1.29, 1.82) is 0 Å². The van der Waals surface area contributed by atoms with Crippen LogP contribution in [0.25, 0.3) is 0 Å². The van der Waals surface area contributed by atoms with E-state index < -0.39 is 23.7 Å². The van der Waals surface area contributed by atoms with Crippen LogP contribution < -0.4 is 5.32 Å². The molecule has 1 aromatic heterocycles. The predicted molar refractivity (Wildman–Crippen MR) is 77.5 cm³/mol. The number of amides is 1. The minimum atomic E-state index is -4.51. The van der Waals surface area contributed by atoms with Gasteiger partial charge in [-0.3, -0.25) is 9.69 Å². The normalized spacial score (nSPS) is 19.6. The van der Waals surface area contributed by atoms with Gasteiger partial charge >= 0.3 is 6.18 Å². The molecule has 1 aliphatic rings. The fraction of sp³-hybridized carbons (Fsp3) is 0.357. The van der Waals surface area contributed by atoms with Crippen LogP contribution >= 0.6 is 11.5 Å². The van der Waals surface area contributed by atoms with Gasteiger partial charge in [-0.15, -0.1) is 5.10 Å². The minimum Gasteiger partial charge on any atom is -0.353 e. The molecular formula is C14H13F3N4OS. The number of nitrogens with one attached hydrogen (secondary N) is 1. The highest BCUT2D eigenvalue weighted by Gasteiger charge is 2.40. The van der Waals surface area contributed by atoms with Crippen molar-refractivity contribution in [3.63, 3.8) is 0 Å². The van der Waals surface area contributed by atoms with E-state index in [2.05, 4.69) is 14.9 Å². The van der Waals surface area contributed by atoms with Gasteiger partial charge in [0.2, 0.25) is 5.91 Å². The number of piperazine rings is 1. The Labute approximate surface area is 134 Å². The van der Waals surface area contributed by atoms with E-state index in [-0.39, 0.29) is 12.1 Å². The first-order chi connectivity index (χ1) is 11.0. The van der Waals surface area contributed by atoms with Gasteiger partial charge in [0.25, 0.3) is 0 Å². The number of hydrogen-bond donors (Lipinski definition) is 1. The molecule has 1 atom stereocenters. The van der Waals surface area contributed by atoms with Crippen molar-refractivity contribution in [2.45, 2.75) is 18.8 Å². The average molecular weight is 342 g/mol. The molecule has 0 radical (unpaired) electrons. The van der Waals surface area contributed by atoms with Crippen molar-refractivity contribution in [3.05, 3.63) is 46.5 Å². The predicted octanol–water partition coefficient (Wildman–Crippen LogP) is 2.23. The number of nitrogens with zero attached hydrogens (tertiary/aromatic N) is 3. The maximum absolute atomic E-state index is 13.3. The van der Waals surface area contributed by atoms with Gasteiger partial charge in [-0.05, 0) is 23.2 Å². The van der Waals surface area contributed by atoms with Crippen molar-refractivity contribution in [2.24, 2.45) is 0 Å². The Kier molecular flexibility index (Phi) is 4.31. The van der Waals surface area contributed by atoms with Crippen LogP contribution in [0.15, 0.2) is 29.6 Å². The number of benzene rings is 1. The molecule has 5 nitrogen and oxygen atoms in total. The molecule has 122 valence electrons. The molecule has 2 aromatic rings. The van der Waals surface area contributed by atoms with Crippen molar-refractivity contribution in [3.8, 4) is 0 Å². The maximum Gasteiger partial charge on any atom is 0.416 e. The van der Waals surface area contributed by atoms with Gasteiger partial charge in [-0.25, -0.2) is 0 Å². The molecule has 23 heavy (non-hydrogen) atoms. The third-order valence-corrected chi connectivity index (χ3v) is 4.20. The zero-order valence-electron chi connectivity index (χ0n) is 11.9.